The minimum Gasteiger partial charge on any atom is -0.463 e. The van der Waals surface area contributed by atoms with Crippen molar-refractivity contribution in [3.05, 3.63) is 34.6 Å². The van der Waals surface area contributed by atoms with Crippen LogP contribution in [0.3, 0.4) is 0 Å². The fourth-order valence-electron chi connectivity index (χ4n) is 3.84. The number of hydrogen-bond donors (Lipinski definition) is 0. The molecule has 1 saturated heterocycles. The van der Waals surface area contributed by atoms with Gasteiger partial charge in [-0.25, -0.2) is 4.68 Å². The van der Waals surface area contributed by atoms with Crippen LogP contribution in [0.15, 0.2) is 27.6 Å². The first kappa shape index (κ1) is 16.9. The molecule has 7 heteroatoms. The number of likely N-dealkylation sites (tertiary alicyclic amines) is 1. The van der Waals surface area contributed by atoms with Gasteiger partial charge in [0.1, 0.15) is 17.4 Å². The number of rotatable bonds is 3. The highest BCUT2D eigenvalue weighted by molar-refractivity contribution is 5.83. The number of aryl methyl sites for hydroxylation is 1. The van der Waals surface area contributed by atoms with Gasteiger partial charge in [0.15, 0.2) is 5.58 Å². The van der Waals surface area contributed by atoms with E-state index in [9.17, 15) is 9.59 Å². The van der Waals surface area contributed by atoms with Gasteiger partial charge in [0.05, 0.1) is 11.8 Å². The lowest BCUT2D eigenvalue weighted by Gasteiger charge is -2.25. The molecule has 7 nitrogen and oxygen atoms in total. The smallest absolute Gasteiger partial charge is 0.291 e. The summed E-state index contributed by atoms with van der Waals surface area (Å²) in [5.41, 5.74) is 1.73. The fourth-order valence-corrected chi connectivity index (χ4v) is 3.84. The standard InChI is InChI=1S/C19H24N4O3/c1-3-17-20-23(13(2)18(24)21-9-6-4-5-7-10-21)19(25)15-12-16-14(22(15)17)8-11-26-16/h8,11-13H,3-7,9-10H2,1-2H3. The van der Waals surface area contributed by atoms with Gasteiger partial charge in [0, 0.05) is 31.6 Å². The summed E-state index contributed by atoms with van der Waals surface area (Å²) in [6.45, 7) is 5.28. The minimum atomic E-state index is -0.614. The molecule has 3 aromatic rings. The minimum absolute atomic E-state index is 0.0249. The zero-order chi connectivity index (χ0) is 18.3. The Balaban J connectivity index is 1.79. The van der Waals surface area contributed by atoms with Gasteiger partial charge in [-0.05, 0) is 19.8 Å². The maximum absolute atomic E-state index is 13.0. The molecule has 0 bridgehead atoms. The SMILES string of the molecule is CCc1nn(C(C)C(=O)N2CCCCCC2)c(=O)c2cc3occc3n12. The molecule has 4 heterocycles. The van der Waals surface area contributed by atoms with E-state index in [2.05, 4.69) is 5.10 Å². The Kier molecular flexibility index (Phi) is 4.30. The Labute approximate surface area is 151 Å². The highest BCUT2D eigenvalue weighted by atomic mass is 16.3. The second-order valence-corrected chi connectivity index (χ2v) is 6.97. The highest BCUT2D eigenvalue weighted by Crippen LogP contribution is 2.21. The van der Waals surface area contributed by atoms with Gasteiger partial charge >= 0.3 is 0 Å². The lowest BCUT2D eigenvalue weighted by Crippen LogP contribution is -2.41. The van der Waals surface area contributed by atoms with E-state index in [1.54, 1.807) is 19.3 Å². The number of aromatic nitrogens is 3. The van der Waals surface area contributed by atoms with Crippen molar-refractivity contribution in [2.24, 2.45) is 0 Å². The average Bonchev–Trinajstić information content (AvgIpc) is 3.13. The summed E-state index contributed by atoms with van der Waals surface area (Å²) in [4.78, 5) is 27.9. The quantitative estimate of drug-likeness (QED) is 0.723. The third-order valence-corrected chi connectivity index (χ3v) is 5.29. The van der Waals surface area contributed by atoms with Crippen LogP contribution < -0.4 is 5.56 Å². The molecule has 0 radical (unpaired) electrons. The van der Waals surface area contributed by atoms with Crippen molar-refractivity contribution in [2.75, 3.05) is 13.1 Å². The average molecular weight is 356 g/mol. The van der Waals surface area contributed by atoms with Gasteiger partial charge in [-0.15, -0.1) is 0 Å². The zero-order valence-electron chi connectivity index (χ0n) is 15.3. The highest BCUT2D eigenvalue weighted by Gasteiger charge is 2.26. The van der Waals surface area contributed by atoms with Crippen LogP contribution in [0.5, 0.6) is 0 Å². The van der Waals surface area contributed by atoms with Crippen LogP contribution in [0, 0.1) is 0 Å². The number of nitrogens with zero attached hydrogens (tertiary/aromatic N) is 4. The van der Waals surface area contributed by atoms with Crippen molar-refractivity contribution in [3.8, 4) is 0 Å². The molecule has 0 saturated carbocycles. The third-order valence-electron chi connectivity index (χ3n) is 5.29. The predicted molar refractivity (Wildman–Crippen MR) is 98.4 cm³/mol. The van der Waals surface area contributed by atoms with E-state index in [1.807, 2.05) is 22.3 Å². The Bertz CT molecular complexity index is 1010. The largest absolute Gasteiger partial charge is 0.463 e. The van der Waals surface area contributed by atoms with Crippen LogP contribution >= 0.6 is 0 Å². The van der Waals surface area contributed by atoms with E-state index in [-0.39, 0.29) is 11.5 Å². The molecule has 0 aromatic carbocycles. The molecular formula is C19H24N4O3. The number of carbonyl (C=O) groups excluding carboxylic acids is 1. The van der Waals surface area contributed by atoms with Gasteiger partial charge in [-0.3, -0.25) is 14.0 Å². The Hall–Kier alpha value is -2.57. The lowest BCUT2D eigenvalue weighted by atomic mass is 10.2. The van der Waals surface area contributed by atoms with Crippen molar-refractivity contribution >= 4 is 22.5 Å². The van der Waals surface area contributed by atoms with Crippen LogP contribution in [0.25, 0.3) is 16.6 Å². The van der Waals surface area contributed by atoms with Crippen molar-refractivity contribution in [1.82, 2.24) is 19.1 Å². The van der Waals surface area contributed by atoms with Crippen LogP contribution in [0.1, 0.15) is 51.4 Å². The number of carbonyl (C=O) groups is 1. The summed E-state index contributed by atoms with van der Waals surface area (Å²) in [6, 6.07) is 2.95. The molecule has 4 rings (SSSR count). The third kappa shape index (κ3) is 2.62. The summed E-state index contributed by atoms with van der Waals surface area (Å²) >= 11 is 0. The molecule has 138 valence electrons. The summed E-state index contributed by atoms with van der Waals surface area (Å²) in [5, 5.41) is 4.54. The van der Waals surface area contributed by atoms with Gasteiger partial charge in [0.25, 0.3) is 5.56 Å². The number of hydrogen-bond acceptors (Lipinski definition) is 4. The Morgan fingerprint density at radius 1 is 1.23 bits per heavy atom. The van der Waals surface area contributed by atoms with Crippen molar-refractivity contribution in [2.45, 2.75) is 52.0 Å². The molecular weight excluding hydrogens is 332 g/mol. The van der Waals surface area contributed by atoms with E-state index in [0.717, 1.165) is 50.1 Å². The van der Waals surface area contributed by atoms with E-state index in [4.69, 9.17) is 4.42 Å². The molecule has 26 heavy (non-hydrogen) atoms. The first-order valence-electron chi connectivity index (χ1n) is 9.41. The van der Waals surface area contributed by atoms with Crippen molar-refractivity contribution in [3.63, 3.8) is 0 Å². The maximum atomic E-state index is 13.0. The molecule has 0 N–H and O–H groups in total. The van der Waals surface area contributed by atoms with Gasteiger partial charge in [0.2, 0.25) is 5.91 Å². The molecule has 1 atom stereocenters. The van der Waals surface area contributed by atoms with Crippen LogP contribution in [0.2, 0.25) is 0 Å². The Morgan fingerprint density at radius 3 is 2.65 bits per heavy atom. The normalized spacial score (nSPS) is 16.9. The molecule has 0 aliphatic carbocycles. The van der Waals surface area contributed by atoms with Gasteiger partial charge in [-0.1, -0.05) is 19.8 Å². The number of furan rings is 1. The summed E-state index contributed by atoms with van der Waals surface area (Å²) in [6.07, 6.45) is 6.62. The lowest BCUT2D eigenvalue weighted by molar-refractivity contribution is -0.134. The molecule has 3 aromatic heterocycles. The molecule has 1 unspecified atom stereocenters. The predicted octanol–water partition coefficient (Wildman–Crippen LogP) is 2.77. The number of amides is 1. The summed E-state index contributed by atoms with van der Waals surface area (Å²) in [5.74, 6) is 0.717. The van der Waals surface area contributed by atoms with E-state index < -0.39 is 6.04 Å². The topological polar surface area (TPSA) is 72.8 Å². The fraction of sp³-hybridized carbons (Fsp3) is 0.526. The van der Waals surface area contributed by atoms with E-state index in [0.29, 0.717) is 17.5 Å². The molecule has 1 fully saturated rings. The summed E-state index contributed by atoms with van der Waals surface area (Å²) < 4.78 is 8.62. The number of fused-ring (bicyclic) bond motifs is 3. The van der Waals surface area contributed by atoms with E-state index >= 15 is 0 Å². The van der Waals surface area contributed by atoms with E-state index in [1.165, 1.54) is 4.68 Å². The Morgan fingerprint density at radius 2 is 1.96 bits per heavy atom. The first-order chi connectivity index (χ1) is 12.6. The van der Waals surface area contributed by atoms with Crippen molar-refractivity contribution in [1.29, 1.82) is 0 Å². The summed E-state index contributed by atoms with van der Waals surface area (Å²) in [7, 11) is 0. The maximum Gasteiger partial charge on any atom is 0.291 e. The van der Waals surface area contributed by atoms with Crippen LogP contribution in [-0.4, -0.2) is 38.1 Å². The second kappa shape index (κ2) is 6.63. The van der Waals surface area contributed by atoms with Crippen molar-refractivity contribution < 1.29 is 9.21 Å². The molecule has 1 aliphatic heterocycles. The van der Waals surface area contributed by atoms with Crippen LogP contribution in [-0.2, 0) is 11.2 Å². The first-order valence-corrected chi connectivity index (χ1v) is 9.41. The monoisotopic (exact) mass is 356 g/mol. The van der Waals surface area contributed by atoms with Gasteiger partial charge in [-0.2, -0.15) is 5.10 Å². The molecule has 0 spiro atoms. The second-order valence-electron chi connectivity index (χ2n) is 6.97. The van der Waals surface area contributed by atoms with Crippen LogP contribution in [0.4, 0.5) is 0 Å². The zero-order valence-corrected chi connectivity index (χ0v) is 15.3. The van der Waals surface area contributed by atoms with Gasteiger partial charge < -0.3 is 9.32 Å². The molecule has 1 amide bonds. The molecule has 1 aliphatic rings.